The number of benzene rings is 1. The number of methoxy groups -OCH3 is 1. The second-order valence-corrected chi connectivity index (χ2v) is 5.48. The fourth-order valence-electron chi connectivity index (χ4n) is 1.55. The first kappa shape index (κ1) is 13.3. The smallest absolute Gasteiger partial charge is 0.0687 e. The summed E-state index contributed by atoms with van der Waals surface area (Å²) in [5.74, 6) is 0. The number of nitrogens with two attached hydrogens (primary N) is 1. The molecule has 1 aromatic carbocycles. The van der Waals surface area contributed by atoms with Crippen LogP contribution in [-0.4, -0.2) is 19.3 Å². The van der Waals surface area contributed by atoms with Crippen molar-refractivity contribution in [3.8, 4) is 0 Å². The Labute approximate surface area is 105 Å². The van der Waals surface area contributed by atoms with E-state index in [1.807, 2.05) is 19.1 Å². The average Bonchev–Trinajstić information content (AvgIpc) is 2.13. The first-order valence-corrected chi connectivity index (χ1v) is 5.98. The summed E-state index contributed by atoms with van der Waals surface area (Å²) < 4.78 is 6.14. The molecule has 0 bridgehead atoms. The molecule has 0 spiro atoms. The fourth-order valence-corrected chi connectivity index (χ4v) is 2.01. The van der Waals surface area contributed by atoms with Crippen molar-refractivity contribution in [1.29, 1.82) is 0 Å². The summed E-state index contributed by atoms with van der Waals surface area (Å²) in [7, 11) is 1.70. The van der Waals surface area contributed by atoms with Gasteiger partial charge in [0.05, 0.1) is 12.1 Å². The van der Waals surface area contributed by atoms with Gasteiger partial charge in [-0.15, -0.1) is 0 Å². The van der Waals surface area contributed by atoms with Gasteiger partial charge in [-0.1, -0.05) is 0 Å². The third-order valence-corrected chi connectivity index (χ3v) is 2.99. The summed E-state index contributed by atoms with van der Waals surface area (Å²) in [6, 6.07) is 3.96. The molecule has 3 N–H and O–H groups in total. The van der Waals surface area contributed by atoms with E-state index in [-0.39, 0.29) is 5.54 Å². The SMILES string of the molecule is COCC(C)(C)Nc1cc(C)c(N)cc1Br. The van der Waals surface area contributed by atoms with Crippen LogP contribution in [0, 0.1) is 6.92 Å². The summed E-state index contributed by atoms with van der Waals surface area (Å²) in [6.07, 6.45) is 0. The van der Waals surface area contributed by atoms with E-state index < -0.39 is 0 Å². The molecule has 3 nitrogen and oxygen atoms in total. The van der Waals surface area contributed by atoms with Gasteiger partial charge in [0.25, 0.3) is 0 Å². The average molecular weight is 287 g/mol. The molecule has 0 saturated heterocycles. The lowest BCUT2D eigenvalue weighted by molar-refractivity contribution is 0.158. The topological polar surface area (TPSA) is 47.3 Å². The molecule has 0 aliphatic heterocycles. The van der Waals surface area contributed by atoms with Crippen LogP contribution in [0.5, 0.6) is 0 Å². The van der Waals surface area contributed by atoms with Crippen molar-refractivity contribution in [2.45, 2.75) is 26.3 Å². The van der Waals surface area contributed by atoms with Crippen molar-refractivity contribution >= 4 is 27.3 Å². The first-order valence-electron chi connectivity index (χ1n) is 5.18. The lowest BCUT2D eigenvalue weighted by Gasteiger charge is -2.27. The largest absolute Gasteiger partial charge is 0.398 e. The molecule has 0 unspecified atom stereocenters. The number of ether oxygens (including phenoxy) is 1. The summed E-state index contributed by atoms with van der Waals surface area (Å²) >= 11 is 3.50. The Balaban J connectivity index is 2.93. The molecule has 1 rings (SSSR count). The number of hydrogen-bond acceptors (Lipinski definition) is 3. The van der Waals surface area contributed by atoms with Crippen LogP contribution in [0.2, 0.25) is 0 Å². The van der Waals surface area contributed by atoms with Crippen LogP contribution in [0.15, 0.2) is 16.6 Å². The van der Waals surface area contributed by atoms with Crippen LogP contribution < -0.4 is 11.1 Å². The van der Waals surface area contributed by atoms with Crippen molar-refractivity contribution in [3.05, 3.63) is 22.2 Å². The molecule has 0 heterocycles. The highest BCUT2D eigenvalue weighted by Gasteiger charge is 2.18. The van der Waals surface area contributed by atoms with Crippen molar-refractivity contribution in [1.82, 2.24) is 0 Å². The number of hydrogen-bond donors (Lipinski definition) is 2. The molecule has 4 heteroatoms. The van der Waals surface area contributed by atoms with Crippen LogP contribution in [0.25, 0.3) is 0 Å². The van der Waals surface area contributed by atoms with Gasteiger partial charge in [0.15, 0.2) is 0 Å². The Morgan fingerprint density at radius 3 is 2.62 bits per heavy atom. The van der Waals surface area contributed by atoms with E-state index in [2.05, 4.69) is 35.1 Å². The lowest BCUT2D eigenvalue weighted by atomic mass is 10.1. The van der Waals surface area contributed by atoms with Gasteiger partial charge in [-0.05, 0) is 54.4 Å². The minimum atomic E-state index is -0.111. The standard InChI is InChI=1S/C12H19BrN2O/c1-8-5-11(9(13)6-10(8)14)15-12(2,3)7-16-4/h5-6,15H,7,14H2,1-4H3. The van der Waals surface area contributed by atoms with E-state index in [0.29, 0.717) is 6.61 Å². The lowest BCUT2D eigenvalue weighted by Crippen LogP contribution is -2.36. The number of rotatable bonds is 4. The summed E-state index contributed by atoms with van der Waals surface area (Å²) in [4.78, 5) is 0. The van der Waals surface area contributed by atoms with Gasteiger partial charge in [-0.3, -0.25) is 0 Å². The van der Waals surface area contributed by atoms with Crippen molar-refractivity contribution in [2.75, 3.05) is 24.8 Å². The number of anilines is 2. The van der Waals surface area contributed by atoms with E-state index in [1.165, 1.54) is 0 Å². The fraction of sp³-hybridized carbons (Fsp3) is 0.500. The Bertz CT molecular complexity index is 378. The highest BCUT2D eigenvalue weighted by atomic mass is 79.9. The summed E-state index contributed by atoms with van der Waals surface area (Å²) in [5.41, 5.74) is 8.62. The van der Waals surface area contributed by atoms with E-state index in [1.54, 1.807) is 7.11 Å². The Morgan fingerprint density at radius 1 is 1.44 bits per heavy atom. The third-order valence-electron chi connectivity index (χ3n) is 2.33. The normalized spacial score (nSPS) is 11.6. The van der Waals surface area contributed by atoms with Crippen molar-refractivity contribution < 1.29 is 4.74 Å². The van der Waals surface area contributed by atoms with Gasteiger partial charge in [0, 0.05) is 23.0 Å². The second kappa shape index (κ2) is 5.06. The van der Waals surface area contributed by atoms with Crippen LogP contribution in [0.4, 0.5) is 11.4 Å². The molecule has 0 aliphatic rings. The molecule has 90 valence electrons. The van der Waals surface area contributed by atoms with Gasteiger partial charge in [-0.25, -0.2) is 0 Å². The third kappa shape index (κ3) is 3.39. The van der Waals surface area contributed by atoms with E-state index in [4.69, 9.17) is 10.5 Å². The molecule has 0 saturated carbocycles. The summed E-state index contributed by atoms with van der Waals surface area (Å²) in [6.45, 7) is 6.82. The van der Waals surface area contributed by atoms with Crippen LogP contribution in [0.3, 0.4) is 0 Å². The van der Waals surface area contributed by atoms with Crippen molar-refractivity contribution in [2.24, 2.45) is 0 Å². The highest BCUT2D eigenvalue weighted by molar-refractivity contribution is 9.10. The molecule has 0 radical (unpaired) electrons. The predicted octanol–water partition coefficient (Wildman–Crippen LogP) is 3.18. The van der Waals surface area contributed by atoms with E-state index in [9.17, 15) is 0 Å². The molecule has 1 aromatic rings. The van der Waals surface area contributed by atoms with Crippen LogP contribution in [0.1, 0.15) is 19.4 Å². The number of nitrogen functional groups attached to an aromatic ring is 1. The quantitative estimate of drug-likeness (QED) is 0.836. The predicted molar refractivity (Wildman–Crippen MR) is 72.9 cm³/mol. The van der Waals surface area contributed by atoms with Crippen LogP contribution in [-0.2, 0) is 4.74 Å². The minimum Gasteiger partial charge on any atom is -0.398 e. The van der Waals surface area contributed by atoms with Gasteiger partial charge >= 0.3 is 0 Å². The Kier molecular flexibility index (Phi) is 4.21. The molecule has 0 fully saturated rings. The Hall–Kier alpha value is -0.740. The molecular formula is C12H19BrN2O. The first-order chi connectivity index (χ1) is 7.35. The van der Waals surface area contributed by atoms with E-state index in [0.717, 1.165) is 21.4 Å². The molecule has 0 atom stereocenters. The maximum atomic E-state index is 5.83. The maximum absolute atomic E-state index is 5.83. The van der Waals surface area contributed by atoms with Crippen LogP contribution >= 0.6 is 15.9 Å². The number of nitrogens with one attached hydrogen (secondary N) is 1. The number of halogens is 1. The molecule has 0 aromatic heterocycles. The molecule has 0 amide bonds. The molecule has 16 heavy (non-hydrogen) atoms. The van der Waals surface area contributed by atoms with Gasteiger partial charge in [-0.2, -0.15) is 0 Å². The molecule has 0 aliphatic carbocycles. The maximum Gasteiger partial charge on any atom is 0.0687 e. The van der Waals surface area contributed by atoms with Gasteiger partial charge < -0.3 is 15.8 Å². The van der Waals surface area contributed by atoms with Gasteiger partial charge in [0.1, 0.15) is 0 Å². The zero-order valence-corrected chi connectivity index (χ0v) is 11.8. The minimum absolute atomic E-state index is 0.111. The van der Waals surface area contributed by atoms with E-state index >= 15 is 0 Å². The Morgan fingerprint density at radius 2 is 2.06 bits per heavy atom. The molecular weight excluding hydrogens is 268 g/mol. The number of aryl methyl sites for hydroxylation is 1. The van der Waals surface area contributed by atoms with Crippen molar-refractivity contribution in [3.63, 3.8) is 0 Å². The zero-order chi connectivity index (χ0) is 12.3. The monoisotopic (exact) mass is 286 g/mol. The second-order valence-electron chi connectivity index (χ2n) is 4.63. The zero-order valence-electron chi connectivity index (χ0n) is 10.2. The highest BCUT2D eigenvalue weighted by Crippen LogP contribution is 2.29. The summed E-state index contributed by atoms with van der Waals surface area (Å²) in [5, 5.41) is 3.43. The van der Waals surface area contributed by atoms with Gasteiger partial charge in [0.2, 0.25) is 0 Å².